The van der Waals surface area contributed by atoms with Gasteiger partial charge in [-0.15, -0.1) is 10.9 Å². The molecule has 0 atom stereocenters. The number of aromatic nitrogens is 3. The first-order valence-electron chi connectivity index (χ1n) is 20.3. The van der Waals surface area contributed by atoms with Gasteiger partial charge >= 0.3 is 0 Å². The van der Waals surface area contributed by atoms with Crippen LogP contribution in [0.3, 0.4) is 0 Å². The SMILES string of the molecule is Bc1c(B)c(-c2c(B)c(B)c3c(B)c(B)c(B)c(B)c3c2B)c(B)c(B)c1-c1cccc(-c2nc(-c3ccccc3)nc(-c3cccc4oc5ccccc5c34)n2)c1. The molecule has 0 fully saturated rings. The molecule has 0 bridgehead atoms. The van der Waals surface area contributed by atoms with Gasteiger partial charge in [0.2, 0.25) is 0 Å². The average molecular weight is 732 g/mol. The van der Waals surface area contributed by atoms with Crippen molar-refractivity contribution in [2.45, 2.75) is 0 Å². The zero-order chi connectivity index (χ0) is 40.7. The van der Waals surface area contributed by atoms with Crippen LogP contribution in [0, 0.1) is 0 Å². The van der Waals surface area contributed by atoms with Gasteiger partial charge in [0.1, 0.15) is 97.5 Å². The molecule has 0 saturated carbocycles. The van der Waals surface area contributed by atoms with Crippen LogP contribution >= 0.6 is 0 Å². The van der Waals surface area contributed by atoms with Crippen molar-refractivity contribution in [3.05, 3.63) is 97.1 Å². The highest BCUT2D eigenvalue weighted by Crippen LogP contribution is 2.36. The summed E-state index contributed by atoms with van der Waals surface area (Å²) in [5.41, 5.74) is 24.5. The quantitative estimate of drug-likeness (QED) is 0.165. The van der Waals surface area contributed by atoms with E-state index in [1.807, 2.05) is 48.5 Å². The first-order chi connectivity index (χ1) is 27.9. The normalized spacial score (nSPS) is 11.5. The van der Waals surface area contributed by atoms with Crippen molar-refractivity contribution in [1.82, 2.24) is 15.0 Å². The summed E-state index contributed by atoms with van der Waals surface area (Å²) in [6.45, 7) is 0. The van der Waals surface area contributed by atoms with Crippen LogP contribution in [0.4, 0.5) is 0 Å². The lowest BCUT2D eigenvalue weighted by atomic mass is 9.56. The molecule has 9 rings (SSSR count). The van der Waals surface area contributed by atoms with Gasteiger partial charge in [0.05, 0.1) is 0 Å². The monoisotopic (exact) mass is 733 g/mol. The molecule has 58 heavy (non-hydrogen) atoms. The minimum absolute atomic E-state index is 0.613. The summed E-state index contributed by atoms with van der Waals surface area (Å²) in [4.78, 5) is 15.4. The lowest BCUT2D eigenvalue weighted by Crippen LogP contribution is -2.53. The fraction of sp³-hybridized carbons (Fsp3) is 0. The lowest BCUT2D eigenvalue weighted by molar-refractivity contribution is 0.669. The number of nitrogens with zero attached hydrogens (tertiary/aromatic N) is 3. The van der Waals surface area contributed by atoms with Crippen LogP contribution in [0.5, 0.6) is 0 Å². The third kappa shape index (κ3) is 5.80. The topological polar surface area (TPSA) is 51.8 Å². The molecular formula is C43H38B11N3O. The molecular weight excluding hydrogens is 693 g/mol. The van der Waals surface area contributed by atoms with E-state index in [0.29, 0.717) is 17.5 Å². The second kappa shape index (κ2) is 14.3. The molecule has 2 aromatic heterocycles. The largest absolute Gasteiger partial charge is 0.456 e. The maximum atomic E-state index is 6.27. The fourth-order valence-corrected chi connectivity index (χ4v) is 9.64. The Morgan fingerprint density at radius 1 is 0.328 bits per heavy atom. The van der Waals surface area contributed by atoms with Crippen molar-refractivity contribution in [3.8, 4) is 56.4 Å². The zero-order valence-electron chi connectivity index (χ0n) is 35.5. The van der Waals surface area contributed by atoms with Crippen LogP contribution < -0.4 is 60.1 Å². The number of furan rings is 1. The van der Waals surface area contributed by atoms with Gasteiger partial charge in [-0.1, -0.05) is 128 Å². The number of fused-ring (bicyclic) bond motifs is 4. The summed E-state index contributed by atoms with van der Waals surface area (Å²) >= 11 is 0. The molecule has 0 amide bonds. The molecule has 0 radical (unpaired) electrons. The zero-order valence-corrected chi connectivity index (χ0v) is 35.5. The summed E-state index contributed by atoms with van der Waals surface area (Å²) in [5, 5.41) is 4.87. The Morgan fingerprint density at radius 2 is 0.793 bits per heavy atom. The molecule has 0 aliphatic carbocycles. The summed E-state index contributed by atoms with van der Waals surface area (Å²) in [5.74, 6) is 1.87. The Balaban J connectivity index is 1.23. The van der Waals surface area contributed by atoms with Crippen molar-refractivity contribution in [2.24, 2.45) is 0 Å². The molecule has 0 aliphatic heterocycles. The average Bonchev–Trinajstić information content (AvgIpc) is 3.63. The van der Waals surface area contributed by atoms with Gasteiger partial charge < -0.3 is 4.42 Å². The maximum absolute atomic E-state index is 6.27. The third-order valence-electron chi connectivity index (χ3n) is 13.3. The van der Waals surface area contributed by atoms with Crippen molar-refractivity contribution in [3.63, 3.8) is 0 Å². The molecule has 2 heterocycles. The Kier molecular flexibility index (Phi) is 9.34. The Labute approximate surface area is 350 Å². The van der Waals surface area contributed by atoms with Gasteiger partial charge in [-0.2, -0.15) is 0 Å². The van der Waals surface area contributed by atoms with Crippen LogP contribution in [0.25, 0.3) is 89.1 Å². The Hall–Kier alpha value is -5.68. The molecule has 0 spiro atoms. The van der Waals surface area contributed by atoms with Crippen molar-refractivity contribution < 1.29 is 4.42 Å². The fourth-order valence-electron chi connectivity index (χ4n) is 9.64. The van der Waals surface area contributed by atoms with Crippen LogP contribution in [-0.4, -0.2) is 101 Å². The van der Waals surface area contributed by atoms with E-state index in [9.17, 15) is 0 Å². The van der Waals surface area contributed by atoms with Crippen LogP contribution in [-0.2, 0) is 0 Å². The number of hydrogen-bond donors (Lipinski definition) is 0. The third-order valence-corrected chi connectivity index (χ3v) is 13.3. The summed E-state index contributed by atoms with van der Waals surface area (Å²) in [7, 11) is 25.3. The highest BCUT2D eigenvalue weighted by atomic mass is 16.3. The Bertz CT molecular complexity index is 3180. The number of benzene rings is 7. The van der Waals surface area contributed by atoms with Gasteiger partial charge in [0.25, 0.3) is 0 Å². The first-order valence-corrected chi connectivity index (χ1v) is 20.3. The molecule has 0 N–H and O–H groups in total. The predicted octanol–water partition coefficient (Wildman–Crippen LogP) is -7.90. The molecule has 0 unspecified atom stereocenters. The second-order valence-corrected chi connectivity index (χ2v) is 16.3. The minimum atomic E-state index is 0.613. The van der Waals surface area contributed by atoms with Crippen molar-refractivity contribution in [1.29, 1.82) is 0 Å². The van der Waals surface area contributed by atoms with E-state index >= 15 is 0 Å². The van der Waals surface area contributed by atoms with Gasteiger partial charge in [-0.3, -0.25) is 0 Å². The van der Waals surface area contributed by atoms with E-state index in [1.165, 1.54) is 87.6 Å². The summed E-state index contributed by atoms with van der Waals surface area (Å²) in [6, 6.07) is 33.2. The van der Waals surface area contributed by atoms with E-state index < -0.39 is 0 Å². The highest BCUT2D eigenvalue weighted by Gasteiger charge is 2.24. The van der Waals surface area contributed by atoms with Crippen LogP contribution in [0.2, 0.25) is 0 Å². The van der Waals surface area contributed by atoms with Gasteiger partial charge in [-0.25, -0.2) is 15.0 Å². The van der Waals surface area contributed by atoms with Gasteiger partial charge in [0.15, 0.2) is 17.5 Å². The lowest BCUT2D eigenvalue weighted by Gasteiger charge is -2.28. The van der Waals surface area contributed by atoms with Crippen molar-refractivity contribution >= 4 is 179 Å². The van der Waals surface area contributed by atoms with E-state index in [-0.39, 0.29) is 0 Å². The maximum Gasteiger partial charge on any atom is 0.164 e. The van der Waals surface area contributed by atoms with Crippen LogP contribution in [0.1, 0.15) is 0 Å². The molecule has 15 heteroatoms. The van der Waals surface area contributed by atoms with E-state index in [1.54, 1.807) is 0 Å². The smallest absolute Gasteiger partial charge is 0.164 e. The number of hydrogen-bond acceptors (Lipinski definition) is 4. The number of rotatable bonds is 5. The summed E-state index contributed by atoms with van der Waals surface area (Å²) < 4.78 is 6.27. The highest BCUT2D eigenvalue weighted by molar-refractivity contribution is 6.73. The molecule has 4 nitrogen and oxygen atoms in total. The van der Waals surface area contributed by atoms with E-state index in [0.717, 1.165) is 44.2 Å². The first kappa shape index (κ1) is 37.9. The minimum Gasteiger partial charge on any atom is -0.456 e. The van der Waals surface area contributed by atoms with E-state index in [2.05, 4.69) is 135 Å². The molecule has 9 aromatic rings. The van der Waals surface area contributed by atoms with Crippen molar-refractivity contribution in [2.75, 3.05) is 0 Å². The van der Waals surface area contributed by atoms with E-state index in [4.69, 9.17) is 19.4 Å². The Morgan fingerprint density at radius 3 is 1.48 bits per heavy atom. The standard InChI is InChI=1S/C43H38B11N3O/c44-30-26(33(47)36(50)29-27(30)37(51)39(53)40(54)38(29)52)28-34(48)31(45)24(32(46)35(28)49)18-10-6-11-19(16-18)42-55-41(17-8-2-1-3-9-17)56-43(57-42)21-13-7-15-23-25(21)20-12-4-5-14-22(20)58-23/h1-16H,44-54H2. The predicted molar refractivity (Wildman–Crippen MR) is 282 cm³/mol. The molecule has 264 valence electrons. The second-order valence-electron chi connectivity index (χ2n) is 16.3. The molecule has 0 aliphatic rings. The summed E-state index contributed by atoms with van der Waals surface area (Å²) in [6.07, 6.45) is 0. The molecule has 7 aromatic carbocycles. The van der Waals surface area contributed by atoms with Gasteiger partial charge in [-0.05, 0) is 51.2 Å². The number of para-hydroxylation sites is 1. The molecule has 0 saturated heterocycles. The van der Waals surface area contributed by atoms with Crippen LogP contribution in [0.15, 0.2) is 101 Å². The van der Waals surface area contributed by atoms with Gasteiger partial charge in [0, 0.05) is 27.5 Å².